The molecule has 3 rings (SSSR count). The molecule has 1 saturated heterocycles. The first-order chi connectivity index (χ1) is 11.5. The van der Waals surface area contributed by atoms with Crippen LogP contribution in [0.5, 0.6) is 0 Å². The van der Waals surface area contributed by atoms with Gasteiger partial charge in [0.2, 0.25) is 5.91 Å². The number of nitrogens with zero attached hydrogens (tertiary/aromatic N) is 4. The van der Waals surface area contributed by atoms with Gasteiger partial charge in [0.25, 0.3) is 5.91 Å². The summed E-state index contributed by atoms with van der Waals surface area (Å²) in [6.45, 7) is 0. The second-order valence-corrected chi connectivity index (χ2v) is 5.81. The molecule has 1 aromatic carbocycles. The van der Waals surface area contributed by atoms with Crippen LogP contribution < -0.4 is 5.32 Å². The Labute approximate surface area is 139 Å². The predicted octanol–water partition coefficient (Wildman–Crippen LogP) is 0.994. The van der Waals surface area contributed by atoms with Crippen LogP contribution in [0, 0.1) is 11.3 Å². The molecule has 122 valence electrons. The van der Waals surface area contributed by atoms with E-state index in [9.17, 15) is 9.59 Å². The first-order valence-electron chi connectivity index (χ1n) is 7.56. The Morgan fingerprint density at radius 2 is 2.17 bits per heavy atom. The summed E-state index contributed by atoms with van der Waals surface area (Å²) in [6, 6.07) is 9.73. The molecule has 0 saturated carbocycles. The molecule has 0 unspecified atom stereocenters. The van der Waals surface area contributed by atoms with Crippen molar-refractivity contribution in [2.24, 2.45) is 7.05 Å². The number of nitriles is 1. The van der Waals surface area contributed by atoms with Crippen LogP contribution in [-0.4, -0.2) is 39.6 Å². The Kier molecular flexibility index (Phi) is 4.04. The van der Waals surface area contributed by atoms with Crippen molar-refractivity contribution >= 4 is 11.8 Å². The van der Waals surface area contributed by atoms with Crippen LogP contribution in [0.4, 0.5) is 0 Å². The molecule has 2 amide bonds. The summed E-state index contributed by atoms with van der Waals surface area (Å²) in [5.41, 5.74) is 1.68. The van der Waals surface area contributed by atoms with Gasteiger partial charge in [-0.2, -0.15) is 10.4 Å². The molecule has 1 aromatic heterocycles. The van der Waals surface area contributed by atoms with E-state index < -0.39 is 0 Å². The van der Waals surface area contributed by atoms with Crippen molar-refractivity contribution in [3.05, 3.63) is 53.3 Å². The molecule has 2 heterocycles. The number of likely N-dealkylation sites (N-methyl/N-ethyl adjacent to an activating group) is 1. The Morgan fingerprint density at radius 3 is 2.83 bits per heavy atom. The van der Waals surface area contributed by atoms with Crippen molar-refractivity contribution in [3.63, 3.8) is 0 Å². The highest BCUT2D eigenvalue weighted by Gasteiger charge is 2.40. The minimum absolute atomic E-state index is 0.0303. The van der Waals surface area contributed by atoms with Crippen LogP contribution >= 0.6 is 0 Å². The fourth-order valence-electron chi connectivity index (χ4n) is 3.06. The van der Waals surface area contributed by atoms with Gasteiger partial charge >= 0.3 is 0 Å². The number of aromatic nitrogens is 2. The molecule has 0 radical (unpaired) electrons. The number of hydrogen-bond donors (Lipinski definition) is 1. The number of hydrogen-bond acceptors (Lipinski definition) is 4. The zero-order valence-electron chi connectivity index (χ0n) is 13.4. The van der Waals surface area contributed by atoms with Gasteiger partial charge < -0.3 is 10.2 Å². The van der Waals surface area contributed by atoms with Gasteiger partial charge in [0.15, 0.2) is 0 Å². The number of amides is 2. The van der Waals surface area contributed by atoms with Crippen LogP contribution in [-0.2, 0) is 11.8 Å². The first-order valence-corrected chi connectivity index (χ1v) is 7.56. The van der Waals surface area contributed by atoms with Gasteiger partial charge in [0.05, 0.1) is 29.4 Å². The summed E-state index contributed by atoms with van der Waals surface area (Å²) in [5.74, 6) is -0.329. The Bertz CT molecular complexity index is 836. The van der Waals surface area contributed by atoms with Crippen LogP contribution in [0.2, 0.25) is 0 Å². The minimum atomic E-state index is -0.351. The van der Waals surface area contributed by atoms with Gasteiger partial charge in [-0.05, 0) is 24.3 Å². The largest absolute Gasteiger partial charge is 0.346 e. The van der Waals surface area contributed by atoms with E-state index in [0.717, 1.165) is 5.69 Å². The molecular formula is C17H17N5O2. The maximum absolute atomic E-state index is 12.5. The van der Waals surface area contributed by atoms with Crippen molar-refractivity contribution in [1.82, 2.24) is 20.0 Å². The van der Waals surface area contributed by atoms with Crippen LogP contribution in [0.15, 0.2) is 36.5 Å². The number of likely N-dealkylation sites (tertiary alicyclic amines) is 1. The third-order valence-corrected chi connectivity index (χ3v) is 4.32. The van der Waals surface area contributed by atoms with E-state index >= 15 is 0 Å². The Hall–Kier alpha value is -3.14. The number of aryl methyl sites for hydroxylation is 1. The Morgan fingerprint density at radius 1 is 1.38 bits per heavy atom. The molecule has 1 aliphatic rings. The van der Waals surface area contributed by atoms with Gasteiger partial charge in [-0.1, -0.05) is 6.07 Å². The maximum atomic E-state index is 12.5. The molecule has 1 aliphatic heterocycles. The normalized spacial score (nSPS) is 20.0. The summed E-state index contributed by atoms with van der Waals surface area (Å²) in [5, 5.41) is 16.0. The van der Waals surface area contributed by atoms with Crippen LogP contribution in [0.3, 0.4) is 0 Å². The van der Waals surface area contributed by atoms with E-state index in [1.165, 1.54) is 6.07 Å². The van der Waals surface area contributed by atoms with E-state index in [0.29, 0.717) is 11.1 Å². The molecule has 0 aliphatic carbocycles. The predicted molar refractivity (Wildman–Crippen MR) is 85.7 cm³/mol. The van der Waals surface area contributed by atoms with Crippen LogP contribution in [0.1, 0.15) is 34.1 Å². The minimum Gasteiger partial charge on any atom is -0.346 e. The average Bonchev–Trinajstić information content (AvgIpc) is 3.11. The number of nitrogens with one attached hydrogen (secondary N) is 1. The first kappa shape index (κ1) is 15.7. The number of carbonyl (C=O) groups excluding carboxylic acids is 2. The molecule has 7 heteroatoms. The molecular weight excluding hydrogens is 306 g/mol. The topological polar surface area (TPSA) is 91.0 Å². The van der Waals surface area contributed by atoms with Crippen molar-refractivity contribution in [3.8, 4) is 6.07 Å². The van der Waals surface area contributed by atoms with Gasteiger partial charge in [0.1, 0.15) is 0 Å². The summed E-state index contributed by atoms with van der Waals surface area (Å²) in [7, 11) is 3.53. The lowest BCUT2D eigenvalue weighted by Gasteiger charge is -2.25. The summed E-state index contributed by atoms with van der Waals surface area (Å²) in [6.07, 6.45) is 1.90. The molecule has 2 aromatic rings. The van der Waals surface area contributed by atoms with E-state index in [-0.39, 0.29) is 30.3 Å². The average molecular weight is 323 g/mol. The van der Waals surface area contributed by atoms with Crippen molar-refractivity contribution in [1.29, 1.82) is 5.26 Å². The highest BCUT2D eigenvalue weighted by atomic mass is 16.2. The van der Waals surface area contributed by atoms with Crippen molar-refractivity contribution < 1.29 is 9.59 Å². The number of carbonyl (C=O) groups is 2. The van der Waals surface area contributed by atoms with Gasteiger partial charge in [-0.3, -0.25) is 14.3 Å². The van der Waals surface area contributed by atoms with Gasteiger partial charge in [-0.15, -0.1) is 0 Å². The standard InChI is InChI=1S/C17H17N5O2/c1-21-15(23)9-13(16(21)14-6-7-19-22(14)2)20-17(24)12-5-3-4-11(8-12)10-18/h3-8,13,16H,9H2,1-2H3,(H,20,24)/t13-,16-/m1/s1. The summed E-state index contributed by atoms with van der Waals surface area (Å²) < 4.78 is 1.70. The lowest BCUT2D eigenvalue weighted by molar-refractivity contribution is -0.127. The monoisotopic (exact) mass is 323 g/mol. The lowest BCUT2D eigenvalue weighted by atomic mass is 10.0. The van der Waals surface area contributed by atoms with E-state index in [1.807, 2.05) is 12.1 Å². The lowest BCUT2D eigenvalue weighted by Crippen LogP contribution is -2.39. The maximum Gasteiger partial charge on any atom is 0.251 e. The Balaban J connectivity index is 1.85. The van der Waals surface area contributed by atoms with Crippen LogP contribution in [0.25, 0.3) is 0 Å². The second-order valence-electron chi connectivity index (χ2n) is 5.81. The third-order valence-electron chi connectivity index (χ3n) is 4.32. The molecule has 2 atom stereocenters. The molecule has 0 bridgehead atoms. The second kappa shape index (κ2) is 6.16. The molecule has 7 nitrogen and oxygen atoms in total. The number of rotatable bonds is 3. The fraction of sp³-hybridized carbons (Fsp3) is 0.294. The van der Waals surface area contributed by atoms with Gasteiger partial charge in [0, 0.05) is 32.3 Å². The van der Waals surface area contributed by atoms with E-state index in [2.05, 4.69) is 10.4 Å². The molecule has 1 N–H and O–H groups in total. The highest BCUT2D eigenvalue weighted by Crippen LogP contribution is 2.31. The molecule has 24 heavy (non-hydrogen) atoms. The van der Waals surface area contributed by atoms with Crippen molar-refractivity contribution in [2.45, 2.75) is 18.5 Å². The quantitative estimate of drug-likeness (QED) is 0.912. The molecule has 1 fully saturated rings. The zero-order valence-corrected chi connectivity index (χ0v) is 13.4. The third kappa shape index (κ3) is 2.74. The SMILES string of the molecule is CN1C(=O)C[C@@H](NC(=O)c2cccc(C#N)c2)[C@@H]1c1ccnn1C. The smallest absolute Gasteiger partial charge is 0.251 e. The van der Waals surface area contributed by atoms with E-state index in [1.54, 1.807) is 48.1 Å². The number of benzene rings is 1. The fourth-order valence-corrected chi connectivity index (χ4v) is 3.06. The zero-order chi connectivity index (χ0) is 17.3. The molecule has 0 spiro atoms. The highest BCUT2D eigenvalue weighted by molar-refractivity contribution is 5.95. The summed E-state index contributed by atoms with van der Waals surface area (Å²) >= 11 is 0. The van der Waals surface area contributed by atoms with Crippen molar-refractivity contribution in [2.75, 3.05) is 7.05 Å². The van der Waals surface area contributed by atoms with Gasteiger partial charge in [-0.25, -0.2) is 0 Å². The van der Waals surface area contributed by atoms with E-state index in [4.69, 9.17) is 5.26 Å². The summed E-state index contributed by atoms with van der Waals surface area (Å²) in [4.78, 5) is 26.3.